The third kappa shape index (κ3) is 5.15. The number of aromatic nitrogens is 1. The summed E-state index contributed by atoms with van der Waals surface area (Å²) in [5.74, 6) is -3.69. The molecule has 0 saturated carbocycles. The molecule has 0 aliphatic carbocycles. The molecule has 2 heterocycles. The fraction of sp³-hybridized carbons (Fsp3) is 0.158. The van der Waals surface area contributed by atoms with E-state index in [1.54, 1.807) is 30.5 Å². The van der Waals surface area contributed by atoms with Gasteiger partial charge in [0.25, 0.3) is 5.91 Å². The Morgan fingerprint density at radius 2 is 1.90 bits per heavy atom. The summed E-state index contributed by atoms with van der Waals surface area (Å²) in [7, 11) is -4.83. The highest BCUT2D eigenvalue weighted by Crippen LogP contribution is 2.26. The fourth-order valence-corrected chi connectivity index (χ4v) is 4.47. The molecule has 6 nitrogen and oxygen atoms in total. The highest BCUT2D eigenvalue weighted by atomic mass is 32.2. The number of thiophene rings is 1. The Labute approximate surface area is 170 Å². The molecule has 0 radical (unpaired) electrons. The first kappa shape index (κ1) is 20.9. The molecule has 0 unspecified atom stereocenters. The molecule has 0 spiro atoms. The Kier molecular flexibility index (Phi) is 6.55. The quantitative estimate of drug-likeness (QED) is 0.580. The lowest BCUT2D eigenvalue weighted by Crippen LogP contribution is -2.24. The van der Waals surface area contributed by atoms with Crippen molar-refractivity contribution in [3.63, 3.8) is 0 Å². The molecule has 1 N–H and O–H groups in total. The molecule has 0 atom stereocenters. The van der Waals surface area contributed by atoms with Crippen LogP contribution in [0.2, 0.25) is 0 Å². The molecule has 1 aromatic carbocycles. The van der Waals surface area contributed by atoms with E-state index in [1.165, 1.54) is 5.38 Å². The van der Waals surface area contributed by atoms with Crippen LogP contribution in [0.1, 0.15) is 20.9 Å². The van der Waals surface area contributed by atoms with Gasteiger partial charge in [0.05, 0.1) is 10.6 Å². The average Bonchev–Trinajstić information content (AvgIpc) is 3.23. The van der Waals surface area contributed by atoms with Gasteiger partial charge in [-0.05, 0) is 41.3 Å². The number of rotatable bonds is 8. The minimum atomic E-state index is -4.83. The molecule has 3 aromatic rings. The van der Waals surface area contributed by atoms with Gasteiger partial charge in [-0.15, -0.1) is 11.3 Å². The van der Waals surface area contributed by atoms with Crippen molar-refractivity contribution in [2.24, 2.45) is 0 Å². The second-order valence-corrected chi connectivity index (χ2v) is 8.66. The highest BCUT2D eigenvalue weighted by Gasteiger charge is 2.32. The van der Waals surface area contributed by atoms with Crippen LogP contribution in [0.25, 0.3) is 0 Å². The summed E-state index contributed by atoms with van der Waals surface area (Å²) in [5.41, 5.74) is 1.52. The van der Waals surface area contributed by atoms with E-state index in [1.807, 2.05) is 18.2 Å². The largest absolute Gasteiger partial charge is 0.487 e. The summed E-state index contributed by atoms with van der Waals surface area (Å²) in [6, 6.07) is 13.5. The van der Waals surface area contributed by atoms with Gasteiger partial charge in [0.1, 0.15) is 17.2 Å². The highest BCUT2D eigenvalue weighted by molar-refractivity contribution is 7.92. The molecule has 0 aliphatic heterocycles. The van der Waals surface area contributed by atoms with Crippen LogP contribution < -0.4 is 10.1 Å². The first-order valence-electron chi connectivity index (χ1n) is 8.37. The van der Waals surface area contributed by atoms with Crippen LogP contribution in [-0.4, -0.2) is 25.1 Å². The second-order valence-electron chi connectivity index (χ2n) is 5.86. The Hall–Kier alpha value is -2.85. The molecular weight excluding hydrogens is 422 g/mol. The summed E-state index contributed by atoms with van der Waals surface area (Å²) in [5, 5.41) is 3.83. The predicted octanol–water partition coefficient (Wildman–Crippen LogP) is 3.65. The number of nitrogens with one attached hydrogen (secondary N) is 1. The van der Waals surface area contributed by atoms with Gasteiger partial charge in [-0.2, -0.15) is 8.78 Å². The van der Waals surface area contributed by atoms with Gasteiger partial charge in [0.15, 0.2) is 0 Å². The van der Waals surface area contributed by atoms with Crippen LogP contribution in [0.15, 0.2) is 65.0 Å². The van der Waals surface area contributed by atoms with Gasteiger partial charge in [-0.1, -0.05) is 18.2 Å². The number of hydrogen-bond acceptors (Lipinski definition) is 6. The van der Waals surface area contributed by atoms with E-state index < -0.39 is 26.4 Å². The van der Waals surface area contributed by atoms with Gasteiger partial charge in [0.2, 0.25) is 9.84 Å². The number of ether oxygens (including phenoxy) is 1. The molecule has 10 heteroatoms. The van der Waals surface area contributed by atoms with Crippen LogP contribution in [0.5, 0.6) is 5.75 Å². The summed E-state index contributed by atoms with van der Waals surface area (Å²) in [6.45, 7) is 0.419. The third-order valence-electron chi connectivity index (χ3n) is 3.87. The van der Waals surface area contributed by atoms with Gasteiger partial charge in [0, 0.05) is 12.7 Å². The molecule has 3 rings (SSSR count). The molecule has 0 saturated heterocycles. The first-order chi connectivity index (χ1) is 13.9. The Bertz CT molecular complexity index is 1070. The number of amides is 1. The number of benzene rings is 1. The lowest BCUT2D eigenvalue weighted by atomic mass is 10.2. The second kappa shape index (κ2) is 9.10. The number of hydrogen-bond donors (Lipinski definition) is 1. The summed E-state index contributed by atoms with van der Waals surface area (Å²) < 4.78 is 54.4. The fourth-order valence-electron chi connectivity index (χ4n) is 2.39. The SMILES string of the molecule is O=C(NCc1ccc(OCc2ccccn2)cc1)c1sccc1S(=O)(=O)C(F)F. The van der Waals surface area contributed by atoms with Crippen LogP contribution in [0.4, 0.5) is 8.78 Å². The number of carbonyl (C=O) groups is 1. The van der Waals surface area contributed by atoms with Crippen LogP contribution in [-0.2, 0) is 23.0 Å². The van der Waals surface area contributed by atoms with Crippen LogP contribution in [0.3, 0.4) is 0 Å². The Morgan fingerprint density at radius 3 is 2.55 bits per heavy atom. The molecule has 2 aromatic heterocycles. The van der Waals surface area contributed by atoms with Crippen LogP contribution in [0, 0.1) is 0 Å². The van der Waals surface area contributed by atoms with Crippen molar-refractivity contribution in [2.45, 2.75) is 23.8 Å². The Balaban J connectivity index is 1.58. The van der Waals surface area contributed by atoms with E-state index in [-0.39, 0.29) is 11.4 Å². The van der Waals surface area contributed by atoms with E-state index in [0.717, 1.165) is 28.7 Å². The van der Waals surface area contributed by atoms with Crippen molar-refractivity contribution in [3.05, 3.63) is 76.2 Å². The number of halogens is 2. The third-order valence-corrected chi connectivity index (χ3v) is 6.33. The van der Waals surface area contributed by atoms with Crippen molar-refractivity contribution in [2.75, 3.05) is 0 Å². The van der Waals surface area contributed by atoms with Gasteiger partial charge in [-0.25, -0.2) is 8.42 Å². The normalized spacial score (nSPS) is 11.4. The van der Waals surface area contributed by atoms with E-state index >= 15 is 0 Å². The first-order valence-corrected chi connectivity index (χ1v) is 10.8. The summed E-state index contributed by atoms with van der Waals surface area (Å²) in [4.78, 5) is 15.5. The molecule has 0 bridgehead atoms. The molecule has 29 heavy (non-hydrogen) atoms. The zero-order chi connectivity index (χ0) is 20.9. The van der Waals surface area contributed by atoms with Crippen molar-refractivity contribution >= 4 is 27.1 Å². The van der Waals surface area contributed by atoms with E-state index in [9.17, 15) is 22.0 Å². The number of sulfone groups is 1. The van der Waals surface area contributed by atoms with Crippen molar-refractivity contribution in [1.82, 2.24) is 10.3 Å². The maximum Gasteiger partial charge on any atom is 0.341 e. The van der Waals surface area contributed by atoms with Crippen LogP contribution >= 0.6 is 11.3 Å². The zero-order valence-electron chi connectivity index (χ0n) is 14.9. The Morgan fingerprint density at radius 1 is 1.14 bits per heavy atom. The average molecular weight is 438 g/mol. The number of carbonyl (C=O) groups excluding carboxylic acids is 1. The number of pyridine rings is 1. The molecule has 152 valence electrons. The van der Waals surface area contributed by atoms with Gasteiger partial charge >= 0.3 is 5.76 Å². The lowest BCUT2D eigenvalue weighted by Gasteiger charge is -2.09. The van der Waals surface area contributed by atoms with Gasteiger partial charge < -0.3 is 10.1 Å². The van der Waals surface area contributed by atoms with E-state index in [0.29, 0.717) is 12.4 Å². The number of alkyl halides is 2. The van der Waals surface area contributed by atoms with Gasteiger partial charge in [-0.3, -0.25) is 9.78 Å². The maximum absolute atomic E-state index is 12.7. The van der Waals surface area contributed by atoms with Crippen molar-refractivity contribution in [1.29, 1.82) is 0 Å². The maximum atomic E-state index is 12.7. The summed E-state index contributed by atoms with van der Waals surface area (Å²) >= 11 is 0.794. The predicted molar refractivity (Wildman–Crippen MR) is 104 cm³/mol. The standard InChI is InChI=1S/C19H16F2N2O4S2/c20-19(21)29(25,26)16-8-10-28-17(16)18(24)23-11-13-4-6-15(7-5-13)27-12-14-3-1-2-9-22-14/h1-10,19H,11-12H2,(H,23,24). The van der Waals surface area contributed by atoms with Crippen molar-refractivity contribution in [3.8, 4) is 5.75 Å². The van der Waals surface area contributed by atoms with Crippen molar-refractivity contribution < 1.29 is 26.7 Å². The summed E-state index contributed by atoms with van der Waals surface area (Å²) in [6.07, 6.45) is 1.68. The molecule has 1 amide bonds. The minimum absolute atomic E-state index is 0.103. The molecule has 0 aliphatic rings. The zero-order valence-corrected chi connectivity index (χ0v) is 16.6. The topological polar surface area (TPSA) is 85.4 Å². The van der Waals surface area contributed by atoms with E-state index in [4.69, 9.17) is 4.74 Å². The minimum Gasteiger partial charge on any atom is -0.487 e. The number of nitrogens with zero attached hydrogens (tertiary/aromatic N) is 1. The molecule has 0 fully saturated rings. The monoisotopic (exact) mass is 438 g/mol. The smallest absolute Gasteiger partial charge is 0.341 e. The van der Waals surface area contributed by atoms with E-state index in [2.05, 4.69) is 10.3 Å². The molecular formula is C19H16F2N2O4S2. The lowest BCUT2D eigenvalue weighted by molar-refractivity contribution is 0.0952.